The molecule has 0 aliphatic carbocycles. The van der Waals surface area contributed by atoms with E-state index in [1.807, 2.05) is 12.3 Å². The first-order chi connectivity index (χ1) is 10.2. The van der Waals surface area contributed by atoms with Gasteiger partial charge in [-0.05, 0) is 26.2 Å². The van der Waals surface area contributed by atoms with E-state index in [4.69, 9.17) is 4.74 Å². The Balaban J connectivity index is 1.92. The third kappa shape index (κ3) is 5.01. The lowest BCUT2D eigenvalue weighted by Gasteiger charge is -2.16. The molecule has 1 N–H and O–H groups in total. The summed E-state index contributed by atoms with van der Waals surface area (Å²) in [6.07, 6.45) is 2.65. The van der Waals surface area contributed by atoms with Crippen LogP contribution in [0, 0.1) is 0 Å². The average molecular weight is 347 g/mol. The first-order valence-corrected chi connectivity index (χ1v) is 10.3. The van der Waals surface area contributed by atoms with Crippen LogP contribution in [0.3, 0.4) is 0 Å². The summed E-state index contributed by atoms with van der Waals surface area (Å²) in [7, 11) is -3.31. The van der Waals surface area contributed by atoms with E-state index >= 15 is 0 Å². The number of thiazole rings is 1. The lowest BCUT2D eigenvalue weighted by atomic mass is 9.93. The van der Waals surface area contributed by atoms with Crippen molar-refractivity contribution in [1.82, 2.24) is 9.71 Å². The maximum Gasteiger partial charge on any atom is 0.212 e. The highest BCUT2D eigenvalue weighted by atomic mass is 32.2. The van der Waals surface area contributed by atoms with Crippen molar-refractivity contribution in [3.8, 4) is 0 Å². The van der Waals surface area contributed by atoms with Crippen molar-refractivity contribution in [2.75, 3.05) is 12.4 Å². The van der Waals surface area contributed by atoms with E-state index in [2.05, 4.69) is 30.5 Å². The van der Waals surface area contributed by atoms with E-state index in [0.29, 0.717) is 6.42 Å². The second-order valence-corrected chi connectivity index (χ2v) is 9.67. The second kappa shape index (κ2) is 6.95. The molecule has 22 heavy (non-hydrogen) atoms. The molecule has 0 spiro atoms. The van der Waals surface area contributed by atoms with Crippen molar-refractivity contribution in [3.05, 3.63) is 16.1 Å². The Kier molecular flexibility index (Phi) is 5.63. The van der Waals surface area contributed by atoms with E-state index < -0.39 is 10.0 Å². The Morgan fingerprint density at radius 1 is 1.50 bits per heavy atom. The van der Waals surface area contributed by atoms with Crippen LogP contribution in [0.1, 0.15) is 63.7 Å². The number of aromatic nitrogens is 1. The second-order valence-electron chi connectivity index (χ2n) is 6.90. The number of nitrogens with zero attached hydrogens (tertiary/aromatic N) is 1. The van der Waals surface area contributed by atoms with Gasteiger partial charge in [0, 0.05) is 17.4 Å². The van der Waals surface area contributed by atoms with Crippen molar-refractivity contribution in [2.45, 2.75) is 64.5 Å². The molecule has 1 fully saturated rings. The Bertz CT molecular complexity index is 584. The minimum Gasteiger partial charge on any atom is -0.378 e. The van der Waals surface area contributed by atoms with Crippen LogP contribution in [0.25, 0.3) is 0 Å². The highest BCUT2D eigenvalue weighted by Crippen LogP contribution is 2.27. The third-order valence-corrected chi connectivity index (χ3v) is 6.26. The van der Waals surface area contributed by atoms with Crippen molar-refractivity contribution in [3.63, 3.8) is 0 Å². The summed E-state index contributed by atoms with van der Waals surface area (Å²) in [5.74, 6) is 0.111. The van der Waals surface area contributed by atoms with Crippen LogP contribution in [0.15, 0.2) is 5.38 Å². The van der Waals surface area contributed by atoms with Crippen LogP contribution in [0.2, 0.25) is 0 Å². The maximum absolute atomic E-state index is 12.2. The van der Waals surface area contributed by atoms with Gasteiger partial charge in [-0.3, -0.25) is 0 Å². The summed E-state index contributed by atoms with van der Waals surface area (Å²) in [5, 5.41) is 2.82. The predicted octanol–water partition coefficient (Wildman–Crippen LogP) is 2.99. The molecule has 1 aliphatic heterocycles. The van der Waals surface area contributed by atoms with Crippen LogP contribution < -0.4 is 4.72 Å². The maximum atomic E-state index is 12.2. The fourth-order valence-electron chi connectivity index (χ4n) is 2.37. The van der Waals surface area contributed by atoms with Crippen LogP contribution in [0.4, 0.5) is 0 Å². The zero-order valence-corrected chi connectivity index (χ0v) is 15.4. The summed E-state index contributed by atoms with van der Waals surface area (Å²) in [4.78, 5) is 4.57. The lowest BCUT2D eigenvalue weighted by molar-refractivity contribution is 0.108. The highest BCUT2D eigenvalue weighted by molar-refractivity contribution is 7.89. The van der Waals surface area contributed by atoms with E-state index in [9.17, 15) is 8.42 Å². The highest BCUT2D eigenvalue weighted by Gasteiger charge is 2.24. The lowest BCUT2D eigenvalue weighted by Crippen LogP contribution is -2.30. The molecular formula is C15H26N2O3S2. The fourth-order valence-corrected chi connectivity index (χ4v) is 4.84. The number of ether oxygens (including phenoxy) is 1. The molecule has 1 aromatic heterocycles. The van der Waals surface area contributed by atoms with Gasteiger partial charge >= 0.3 is 0 Å². The summed E-state index contributed by atoms with van der Waals surface area (Å²) < 4.78 is 32.6. The number of nitrogens with one attached hydrogen (secondary N) is 1. The Hall–Kier alpha value is -0.500. The summed E-state index contributed by atoms with van der Waals surface area (Å²) in [5.41, 5.74) is 0.977. The van der Waals surface area contributed by atoms with Gasteiger partial charge in [0.2, 0.25) is 10.0 Å². The first-order valence-electron chi connectivity index (χ1n) is 7.75. The molecule has 1 aromatic rings. The normalized spacial score (nSPS) is 21.2. The van der Waals surface area contributed by atoms with Gasteiger partial charge in [0.1, 0.15) is 5.01 Å². The summed E-state index contributed by atoms with van der Waals surface area (Å²) >= 11 is 1.51. The third-order valence-electron chi connectivity index (χ3n) is 3.75. The number of rotatable bonds is 6. The van der Waals surface area contributed by atoms with E-state index in [-0.39, 0.29) is 23.3 Å². The molecule has 7 heteroatoms. The van der Waals surface area contributed by atoms with Crippen LogP contribution in [-0.2, 0) is 20.2 Å². The molecule has 1 saturated heterocycles. The predicted molar refractivity (Wildman–Crippen MR) is 89.7 cm³/mol. The van der Waals surface area contributed by atoms with Crippen molar-refractivity contribution < 1.29 is 13.2 Å². The van der Waals surface area contributed by atoms with Crippen molar-refractivity contribution in [2.24, 2.45) is 0 Å². The van der Waals surface area contributed by atoms with E-state index in [0.717, 1.165) is 30.2 Å². The standard InChI is InChI=1S/C15H26N2O3S2/c1-11(14-16-13(10-21-14)15(2,3)4)17-22(18,19)9-7-12-6-5-8-20-12/h10-12,17H,5-9H2,1-4H3/t11-,12+/m0/s1. The molecule has 126 valence electrons. The zero-order valence-electron chi connectivity index (χ0n) is 13.8. The molecule has 0 unspecified atom stereocenters. The van der Waals surface area contributed by atoms with Crippen molar-refractivity contribution in [1.29, 1.82) is 0 Å². The molecule has 5 nitrogen and oxygen atoms in total. The van der Waals surface area contributed by atoms with E-state index in [1.54, 1.807) is 0 Å². The molecule has 0 aromatic carbocycles. The zero-order chi connectivity index (χ0) is 16.4. The molecule has 0 bridgehead atoms. The van der Waals surface area contributed by atoms with Gasteiger partial charge in [-0.15, -0.1) is 11.3 Å². The van der Waals surface area contributed by atoms with Gasteiger partial charge in [-0.2, -0.15) is 0 Å². The topological polar surface area (TPSA) is 68.3 Å². The molecule has 2 atom stereocenters. The van der Waals surface area contributed by atoms with Gasteiger partial charge in [-0.1, -0.05) is 20.8 Å². The number of sulfonamides is 1. The molecule has 2 rings (SSSR count). The van der Waals surface area contributed by atoms with Gasteiger partial charge in [0.25, 0.3) is 0 Å². The molecular weight excluding hydrogens is 320 g/mol. The SMILES string of the molecule is C[C@H](NS(=O)(=O)CC[C@H]1CCCO1)c1nc(C(C)(C)C)cs1. The molecule has 0 amide bonds. The fraction of sp³-hybridized carbons (Fsp3) is 0.800. The van der Waals surface area contributed by atoms with Gasteiger partial charge < -0.3 is 4.74 Å². The van der Waals surface area contributed by atoms with E-state index in [1.165, 1.54) is 11.3 Å². The Morgan fingerprint density at radius 2 is 2.23 bits per heavy atom. The Labute approximate surface area is 137 Å². The molecule has 1 aliphatic rings. The molecule has 2 heterocycles. The van der Waals surface area contributed by atoms with Crippen LogP contribution >= 0.6 is 11.3 Å². The summed E-state index contributed by atoms with van der Waals surface area (Å²) in [6, 6.07) is -0.296. The first kappa shape index (κ1) is 17.8. The van der Waals surface area contributed by atoms with Gasteiger partial charge in [0.15, 0.2) is 0 Å². The van der Waals surface area contributed by atoms with Crippen LogP contribution in [0.5, 0.6) is 0 Å². The average Bonchev–Trinajstić information content (AvgIpc) is 3.07. The quantitative estimate of drug-likeness (QED) is 0.860. The molecule has 0 saturated carbocycles. The van der Waals surface area contributed by atoms with Gasteiger partial charge in [0.05, 0.1) is 23.6 Å². The number of hydrogen-bond acceptors (Lipinski definition) is 5. The minimum absolute atomic E-state index is 0.0207. The molecule has 0 radical (unpaired) electrons. The van der Waals surface area contributed by atoms with Gasteiger partial charge in [-0.25, -0.2) is 18.1 Å². The van der Waals surface area contributed by atoms with Crippen LogP contribution in [-0.4, -0.2) is 31.9 Å². The number of hydrogen-bond donors (Lipinski definition) is 1. The van der Waals surface area contributed by atoms with Crippen molar-refractivity contribution >= 4 is 21.4 Å². The largest absolute Gasteiger partial charge is 0.378 e. The Morgan fingerprint density at radius 3 is 2.77 bits per heavy atom. The smallest absolute Gasteiger partial charge is 0.212 e. The summed E-state index contributed by atoms with van der Waals surface area (Å²) in [6.45, 7) is 8.89. The minimum atomic E-state index is -3.31. The monoisotopic (exact) mass is 346 g/mol.